The van der Waals surface area contributed by atoms with E-state index in [1.807, 2.05) is 12.2 Å². The zero-order valence-electron chi connectivity index (χ0n) is 10.3. The second-order valence-corrected chi connectivity index (χ2v) is 3.94. The quantitative estimate of drug-likeness (QED) is 0.671. The second kappa shape index (κ2) is 6.55. The molecule has 0 aromatic carbocycles. The smallest absolute Gasteiger partial charge is 0.287 e. The highest BCUT2D eigenvalue weighted by molar-refractivity contribution is 5.47. The fourth-order valence-electron chi connectivity index (χ4n) is 1.23. The van der Waals surface area contributed by atoms with Gasteiger partial charge in [-0.3, -0.25) is 0 Å². The van der Waals surface area contributed by atoms with Crippen LogP contribution in [0.2, 0.25) is 0 Å². The Morgan fingerprint density at radius 2 is 1.79 bits per heavy atom. The van der Waals surface area contributed by atoms with E-state index in [4.69, 9.17) is 5.11 Å². The van der Waals surface area contributed by atoms with Gasteiger partial charge in [-0.05, 0) is 6.42 Å². The van der Waals surface area contributed by atoms with E-state index in [0.29, 0.717) is 19.0 Å². The Balaban J connectivity index is 2.82. The summed E-state index contributed by atoms with van der Waals surface area (Å²) in [4.78, 5) is 3.56. The van der Waals surface area contributed by atoms with Gasteiger partial charge < -0.3 is 15.7 Å². The van der Waals surface area contributed by atoms with E-state index in [0.717, 1.165) is 0 Å². The molecule has 0 bridgehead atoms. The number of aromatic nitrogens is 1. The third kappa shape index (κ3) is 4.55. The minimum atomic E-state index is -3.40. The van der Waals surface area contributed by atoms with Crippen LogP contribution in [0.15, 0.2) is 6.07 Å². The predicted octanol–water partition coefficient (Wildman–Crippen LogP) is 2.22. The molecule has 0 radical (unpaired) electrons. The highest BCUT2D eigenvalue weighted by atomic mass is 19.3. The molecule has 1 rings (SSSR count). The van der Waals surface area contributed by atoms with E-state index in [-0.39, 0.29) is 5.82 Å². The molecule has 0 unspecified atom stereocenters. The summed E-state index contributed by atoms with van der Waals surface area (Å²) >= 11 is 0. The number of aliphatic hydroxyl groups excluding tert-OH is 1. The van der Waals surface area contributed by atoms with Crippen LogP contribution in [-0.4, -0.2) is 35.7 Å². The van der Waals surface area contributed by atoms with Gasteiger partial charge in [0.2, 0.25) is 0 Å². The molecule has 1 heterocycles. The third-order valence-corrected chi connectivity index (χ3v) is 2.22. The first-order valence-electron chi connectivity index (χ1n) is 5.72. The Bertz CT molecular complexity index is 429. The summed E-state index contributed by atoms with van der Waals surface area (Å²) in [5.74, 6) is -6.08. The first-order valence-corrected chi connectivity index (χ1v) is 5.72. The zero-order valence-corrected chi connectivity index (χ0v) is 10.3. The molecule has 0 spiro atoms. The molecule has 0 atom stereocenters. The van der Waals surface area contributed by atoms with Crippen LogP contribution in [-0.2, 0) is 0 Å². The Kier molecular flexibility index (Phi) is 5.34. The molecule has 0 saturated heterocycles. The molecule has 0 aliphatic heterocycles. The van der Waals surface area contributed by atoms with Gasteiger partial charge in [0, 0.05) is 12.6 Å². The van der Waals surface area contributed by atoms with Gasteiger partial charge in [-0.15, -0.1) is 0 Å². The van der Waals surface area contributed by atoms with Gasteiger partial charge in [0.15, 0.2) is 23.3 Å². The van der Waals surface area contributed by atoms with Crippen molar-refractivity contribution in [3.05, 3.63) is 17.7 Å². The van der Waals surface area contributed by atoms with Gasteiger partial charge in [-0.1, -0.05) is 6.92 Å². The molecule has 8 heteroatoms. The van der Waals surface area contributed by atoms with Crippen LogP contribution >= 0.6 is 0 Å². The summed E-state index contributed by atoms with van der Waals surface area (Å²) in [6.45, 7) is -0.104. The predicted molar refractivity (Wildman–Crippen MR) is 63.5 cm³/mol. The maximum Gasteiger partial charge on any atom is 0.287 e. The van der Waals surface area contributed by atoms with E-state index in [2.05, 4.69) is 10.3 Å². The standard InChI is InChI=1S/C11H15F4N3O/c1-2-3-16-9-7(12)4-8(13)10(18-9)17-5-11(14,15)6-19/h4,19H,2-3,5-6H2,1H3,(H2,16,17,18). The molecular weight excluding hydrogens is 266 g/mol. The van der Waals surface area contributed by atoms with Gasteiger partial charge in [0.25, 0.3) is 5.92 Å². The number of hydrogen-bond acceptors (Lipinski definition) is 4. The van der Waals surface area contributed by atoms with Gasteiger partial charge in [0.1, 0.15) is 6.61 Å². The molecule has 0 fully saturated rings. The molecule has 3 N–H and O–H groups in total. The maximum atomic E-state index is 13.3. The van der Waals surface area contributed by atoms with Gasteiger partial charge >= 0.3 is 0 Å². The lowest BCUT2D eigenvalue weighted by Gasteiger charge is -2.15. The maximum absolute atomic E-state index is 13.3. The van der Waals surface area contributed by atoms with Crippen molar-refractivity contribution in [2.24, 2.45) is 0 Å². The second-order valence-electron chi connectivity index (χ2n) is 3.94. The highest BCUT2D eigenvalue weighted by Gasteiger charge is 2.28. The Labute approximate surface area is 107 Å². The molecular formula is C11H15F4N3O. The lowest BCUT2D eigenvalue weighted by molar-refractivity contribution is -0.0373. The Hall–Kier alpha value is -1.57. The normalized spacial score (nSPS) is 11.5. The number of halogens is 4. The van der Waals surface area contributed by atoms with Crippen molar-refractivity contribution in [1.29, 1.82) is 0 Å². The number of alkyl halides is 2. The average Bonchev–Trinajstić information content (AvgIpc) is 2.36. The van der Waals surface area contributed by atoms with E-state index in [1.165, 1.54) is 0 Å². The minimum Gasteiger partial charge on any atom is -0.390 e. The number of pyridine rings is 1. The number of hydrogen-bond donors (Lipinski definition) is 3. The molecule has 19 heavy (non-hydrogen) atoms. The number of aliphatic hydroxyl groups is 1. The van der Waals surface area contributed by atoms with Crippen molar-refractivity contribution in [2.45, 2.75) is 19.3 Å². The summed E-state index contributed by atoms with van der Waals surface area (Å²) < 4.78 is 52.2. The zero-order chi connectivity index (χ0) is 14.5. The number of nitrogens with one attached hydrogen (secondary N) is 2. The monoisotopic (exact) mass is 281 g/mol. The van der Waals surface area contributed by atoms with Crippen molar-refractivity contribution < 1.29 is 22.7 Å². The van der Waals surface area contributed by atoms with E-state index in [9.17, 15) is 17.6 Å². The molecule has 0 saturated carbocycles. The van der Waals surface area contributed by atoms with Crippen LogP contribution in [0, 0.1) is 11.6 Å². The average molecular weight is 281 g/mol. The topological polar surface area (TPSA) is 57.2 Å². The van der Waals surface area contributed by atoms with Crippen LogP contribution < -0.4 is 10.6 Å². The van der Waals surface area contributed by atoms with Crippen LogP contribution in [0.25, 0.3) is 0 Å². The van der Waals surface area contributed by atoms with Gasteiger partial charge in [-0.2, -0.15) is 0 Å². The first-order chi connectivity index (χ1) is 8.89. The lowest BCUT2D eigenvalue weighted by Crippen LogP contribution is -2.31. The molecule has 0 aliphatic rings. The molecule has 1 aromatic heterocycles. The lowest BCUT2D eigenvalue weighted by atomic mass is 10.3. The molecule has 0 amide bonds. The summed E-state index contributed by atoms with van der Waals surface area (Å²) in [6.07, 6.45) is 0.698. The molecule has 0 aliphatic carbocycles. The van der Waals surface area contributed by atoms with Crippen molar-refractivity contribution in [2.75, 3.05) is 30.3 Å². The van der Waals surface area contributed by atoms with Crippen molar-refractivity contribution in [1.82, 2.24) is 4.98 Å². The first kappa shape index (κ1) is 15.5. The molecule has 4 nitrogen and oxygen atoms in total. The third-order valence-electron chi connectivity index (χ3n) is 2.22. The highest BCUT2D eigenvalue weighted by Crippen LogP contribution is 2.20. The fourth-order valence-corrected chi connectivity index (χ4v) is 1.23. The Morgan fingerprint density at radius 1 is 1.21 bits per heavy atom. The summed E-state index contributed by atoms with van der Waals surface area (Å²) in [5.41, 5.74) is 0. The van der Waals surface area contributed by atoms with E-state index >= 15 is 0 Å². The summed E-state index contributed by atoms with van der Waals surface area (Å²) in [6, 6.07) is 0.560. The van der Waals surface area contributed by atoms with Crippen LogP contribution in [0.1, 0.15) is 13.3 Å². The van der Waals surface area contributed by atoms with Gasteiger partial charge in [0.05, 0.1) is 6.54 Å². The minimum absolute atomic E-state index is 0.210. The van der Waals surface area contributed by atoms with Crippen LogP contribution in [0.4, 0.5) is 29.2 Å². The van der Waals surface area contributed by atoms with E-state index in [1.54, 1.807) is 0 Å². The number of nitrogens with zero attached hydrogens (tertiary/aromatic N) is 1. The largest absolute Gasteiger partial charge is 0.390 e. The van der Waals surface area contributed by atoms with Crippen molar-refractivity contribution in [3.8, 4) is 0 Å². The summed E-state index contributed by atoms with van der Waals surface area (Å²) in [7, 11) is 0. The van der Waals surface area contributed by atoms with Crippen LogP contribution in [0.5, 0.6) is 0 Å². The Morgan fingerprint density at radius 3 is 2.32 bits per heavy atom. The number of anilines is 2. The van der Waals surface area contributed by atoms with Crippen molar-refractivity contribution in [3.63, 3.8) is 0 Å². The summed E-state index contributed by atoms with van der Waals surface area (Å²) in [5, 5.41) is 13.0. The molecule has 1 aromatic rings. The van der Waals surface area contributed by atoms with E-state index < -0.39 is 36.5 Å². The van der Waals surface area contributed by atoms with Crippen LogP contribution in [0.3, 0.4) is 0 Å². The van der Waals surface area contributed by atoms with Gasteiger partial charge in [-0.25, -0.2) is 22.5 Å². The van der Waals surface area contributed by atoms with Crippen molar-refractivity contribution >= 4 is 11.6 Å². The number of rotatable bonds is 7. The fraction of sp³-hybridized carbons (Fsp3) is 0.545. The molecule has 108 valence electrons. The SMILES string of the molecule is CCCNc1nc(NCC(F)(F)CO)c(F)cc1F.